The van der Waals surface area contributed by atoms with Gasteiger partial charge in [-0.2, -0.15) is 5.26 Å². The fourth-order valence-corrected chi connectivity index (χ4v) is 3.05. The Morgan fingerprint density at radius 2 is 2.03 bits per heavy atom. The van der Waals surface area contributed by atoms with Gasteiger partial charge < -0.3 is 15.5 Å². The van der Waals surface area contributed by atoms with Crippen LogP contribution in [0.1, 0.15) is 27.3 Å². The van der Waals surface area contributed by atoms with E-state index in [4.69, 9.17) is 16.9 Å². The van der Waals surface area contributed by atoms with Crippen LogP contribution in [0.3, 0.4) is 0 Å². The summed E-state index contributed by atoms with van der Waals surface area (Å²) >= 11 is 5.74. The number of nitrogens with one attached hydrogen (secondary N) is 2. The summed E-state index contributed by atoms with van der Waals surface area (Å²) in [5, 5.41) is 14.1. The first-order chi connectivity index (χ1) is 14.7. The SMILES string of the molecule is N#C[C@@H]1CC(F)(F)CN1C(=O)CNC(=O)c1ccncc1NC(=O)c1ccc(Cl)cn1. The second-order valence-electron chi connectivity index (χ2n) is 6.65. The minimum absolute atomic E-state index is 0.00583. The van der Waals surface area contributed by atoms with Crippen LogP contribution in [0.4, 0.5) is 14.5 Å². The van der Waals surface area contributed by atoms with Crippen molar-refractivity contribution in [1.82, 2.24) is 20.2 Å². The van der Waals surface area contributed by atoms with E-state index in [1.165, 1.54) is 36.8 Å². The van der Waals surface area contributed by atoms with Crippen LogP contribution in [0.5, 0.6) is 0 Å². The molecule has 0 radical (unpaired) electrons. The van der Waals surface area contributed by atoms with Crippen molar-refractivity contribution in [2.75, 3.05) is 18.4 Å². The molecule has 3 amide bonds. The summed E-state index contributed by atoms with van der Waals surface area (Å²) in [6.45, 7) is -1.48. The Kier molecular flexibility index (Phi) is 6.41. The van der Waals surface area contributed by atoms with Gasteiger partial charge in [-0.15, -0.1) is 0 Å². The molecule has 31 heavy (non-hydrogen) atoms. The Hall–Kier alpha value is -3.65. The van der Waals surface area contributed by atoms with Gasteiger partial charge >= 0.3 is 0 Å². The standard InChI is InChI=1S/C19H15ClF2N6O3/c20-11-1-2-14(25-7-11)18(31)27-15-8-24-4-3-13(15)17(30)26-9-16(29)28-10-19(21,22)5-12(28)6-23/h1-4,7-8,12H,5,9-10H2,(H,26,30)(H,27,31)/t12-/m0/s1. The lowest BCUT2D eigenvalue weighted by atomic mass is 10.2. The molecular formula is C19H15ClF2N6O3. The topological polar surface area (TPSA) is 128 Å². The number of pyridine rings is 2. The molecule has 0 spiro atoms. The Morgan fingerprint density at radius 1 is 1.26 bits per heavy atom. The number of aromatic nitrogens is 2. The molecule has 1 fully saturated rings. The number of carbonyl (C=O) groups excluding carboxylic acids is 3. The van der Waals surface area contributed by atoms with Crippen molar-refractivity contribution < 1.29 is 23.2 Å². The van der Waals surface area contributed by atoms with Gasteiger partial charge in [0.05, 0.1) is 41.6 Å². The summed E-state index contributed by atoms with van der Waals surface area (Å²) in [6.07, 6.45) is 3.08. The summed E-state index contributed by atoms with van der Waals surface area (Å²) in [7, 11) is 0. The van der Waals surface area contributed by atoms with Crippen LogP contribution >= 0.6 is 11.6 Å². The number of halogens is 3. The third-order valence-corrected chi connectivity index (χ3v) is 4.64. The molecule has 2 N–H and O–H groups in total. The van der Waals surface area contributed by atoms with Gasteiger partial charge in [0.15, 0.2) is 0 Å². The molecule has 1 aliphatic heterocycles. The minimum Gasteiger partial charge on any atom is -0.343 e. The van der Waals surface area contributed by atoms with E-state index in [1.54, 1.807) is 6.07 Å². The molecule has 1 saturated heterocycles. The molecule has 2 aromatic heterocycles. The maximum Gasteiger partial charge on any atom is 0.274 e. The van der Waals surface area contributed by atoms with Crippen molar-refractivity contribution >= 4 is 35.0 Å². The van der Waals surface area contributed by atoms with Crippen molar-refractivity contribution in [3.05, 3.63) is 53.1 Å². The second-order valence-corrected chi connectivity index (χ2v) is 7.08. The van der Waals surface area contributed by atoms with E-state index in [0.29, 0.717) is 5.02 Å². The molecule has 0 aromatic carbocycles. The largest absolute Gasteiger partial charge is 0.343 e. The van der Waals surface area contributed by atoms with Gasteiger partial charge in [0.1, 0.15) is 11.7 Å². The zero-order valence-corrected chi connectivity index (χ0v) is 16.6. The van der Waals surface area contributed by atoms with E-state index >= 15 is 0 Å². The lowest BCUT2D eigenvalue weighted by Gasteiger charge is -2.19. The molecule has 3 heterocycles. The molecule has 0 saturated carbocycles. The highest BCUT2D eigenvalue weighted by molar-refractivity contribution is 6.30. The Morgan fingerprint density at radius 3 is 2.71 bits per heavy atom. The molecule has 1 atom stereocenters. The molecule has 2 aromatic rings. The van der Waals surface area contributed by atoms with Crippen LogP contribution in [-0.2, 0) is 4.79 Å². The zero-order chi connectivity index (χ0) is 22.6. The van der Waals surface area contributed by atoms with Crippen LogP contribution in [0.25, 0.3) is 0 Å². The summed E-state index contributed by atoms with van der Waals surface area (Å²) < 4.78 is 27.0. The Bertz CT molecular complexity index is 1060. The predicted molar refractivity (Wildman–Crippen MR) is 104 cm³/mol. The van der Waals surface area contributed by atoms with Crippen LogP contribution in [0.15, 0.2) is 36.8 Å². The van der Waals surface area contributed by atoms with Gasteiger partial charge in [0.2, 0.25) is 5.91 Å². The smallest absolute Gasteiger partial charge is 0.274 e. The monoisotopic (exact) mass is 448 g/mol. The number of hydrogen-bond acceptors (Lipinski definition) is 6. The quantitative estimate of drug-likeness (QED) is 0.718. The predicted octanol–water partition coefficient (Wildman–Crippen LogP) is 1.87. The molecular weight excluding hydrogens is 434 g/mol. The number of likely N-dealkylation sites (tertiary alicyclic amines) is 1. The van der Waals surface area contributed by atoms with Crippen LogP contribution in [0.2, 0.25) is 5.02 Å². The molecule has 3 rings (SSSR count). The highest BCUT2D eigenvalue weighted by Crippen LogP contribution is 2.31. The van der Waals surface area contributed by atoms with Gasteiger partial charge in [-0.1, -0.05) is 11.6 Å². The number of nitrogens with zero attached hydrogens (tertiary/aromatic N) is 4. The number of amides is 3. The molecule has 12 heteroatoms. The minimum atomic E-state index is -3.15. The van der Waals surface area contributed by atoms with Gasteiger partial charge in [-0.3, -0.25) is 19.4 Å². The summed E-state index contributed by atoms with van der Waals surface area (Å²) in [6, 6.07) is 4.58. The van der Waals surface area contributed by atoms with Gasteiger partial charge in [-0.05, 0) is 18.2 Å². The van der Waals surface area contributed by atoms with Gasteiger partial charge in [-0.25, -0.2) is 13.8 Å². The highest BCUT2D eigenvalue weighted by Gasteiger charge is 2.47. The highest BCUT2D eigenvalue weighted by atomic mass is 35.5. The molecule has 1 aliphatic rings. The average Bonchev–Trinajstić information content (AvgIpc) is 3.07. The van der Waals surface area contributed by atoms with E-state index in [1.807, 2.05) is 0 Å². The van der Waals surface area contributed by atoms with E-state index in [9.17, 15) is 23.2 Å². The van der Waals surface area contributed by atoms with Crippen molar-refractivity contribution in [2.45, 2.75) is 18.4 Å². The number of alkyl halides is 2. The lowest BCUT2D eigenvalue weighted by molar-refractivity contribution is -0.131. The summed E-state index contributed by atoms with van der Waals surface area (Å²) in [4.78, 5) is 45.6. The third-order valence-electron chi connectivity index (χ3n) is 4.41. The Balaban J connectivity index is 1.66. The maximum atomic E-state index is 13.5. The van der Waals surface area contributed by atoms with E-state index in [0.717, 1.165) is 4.90 Å². The number of rotatable bonds is 5. The maximum absolute atomic E-state index is 13.5. The number of carbonyl (C=O) groups is 3. The lowest BCUT2D eigenvalue weighted by Crippen LogP contribution is -2.43. The van der Waals surface area contributed by atoms with E-state index in [2.05, 4.69) is 20.6 Å². The Labute approximate surface area is 180 Å². The van der Waals surface area contributed by atoms with Crippen molar-refractivity contribution in [1.29, 1.82) is 5.26 Å². The zero-order valence-electron chi connectivity index (χ0n) is 15.8. The fourth-order valence-electron chi connectivity index (χ4n) is 2.94. The number of nitriles is 1. The third kappa shape index (κ3) is 5.29. The molecule has 9 nitrogen and oxygen atoms in total. The van der Waals surface area contributed by atoms with Crippen molar-refractivity contribution in [2.24, 2.45) is 0 Å². The molecule has 0 unspecified atom stereocenters. The van der Waals surface area contributed by atoms with Crippen LogP contribution < -0.4 is 10.6 Å². The normalized spacial score (nSPS) is 17.0. The first-order valence-corrected chi connectivity index (χ1v) is 9.30. The fraction of sp³-hybridized carbons (Fsp3) is 0.263. The van der Waals surface area contributed by atoms with E-state index < -0.39 is 49.2 Å². The first-order valence-electron chi connectivity index (χ1n) is 8.92. The first kappa shape index (κ1) is 22.0. The van der Waals surface area contributed by atoms with Gasteiger partial charge in [0.25, 0.3) is 17.7 Å². The van der Waals surface area contributed by atoms with Crippen LogP contribution in [0, 0.1) is 11.3 Å². The molecule has 160 valence electrons. The molecule has 0 aliphatic carbocycles. The number of anilines is 1. The van der Waals surface area contributed by atoms with Crippen LogP contribution in [-0.4, -0.2) is 57.6 Å². The second kappa shape index (κ2) is 9.01. The van der Waals surface area contributed by atoms with Gasteiger partial charge in [0, 0.05) is 18.8 Å². The summed E-state index contributed by atoms with van der Waals surface area (Å²) in [5.41, 5.74) is 0.0952. The summed E-state index contributed by atoms with van der Waals surface area (Å²) in [5.74, 6) is -5.33. The van der Waals surface area contributed by atoms with Crippen molar-refractivity contribution in [3.8, 4) is 6.07 Å². The van der Waals surface area contributed by atoms with E-state index in [-0.39, 0.29) is 16.9 Å². The average molecular weight is 449 g/mol. The molecule has 0 bridgehead atoms. The van der Waals surface area contributed by atoms with Crippen molar-refractivity contribution in [3.63, 3.8) is 0 Å². The number of hydrogen-bond donors (Lipinski definition) is 2.